The molecule has 0 aliphatic carbocycles. The molecule has 0 aliphatic rings. The molecule has 1 rings (SSSR count). The number of nitrogens with zero attached hydrogens (tertiary/aromatic N) is 1. The van der Waals surface area contributed by atoms with E-state index in [4.69, 9.17) is 5.73 Å². The van der Waals surface area contributed by atoms with Crippen molar-refractivity contribution in [3.63, 3.8) is 0 Å². The number of alkyl halides is 3. The maximum Gasteiger partial charge on any atom is 0.456 e. The van der Waals surface area contributed by atoms with Crippen molar-refractivity contribution >= 4 is 11.5 Å². The van der Waals surface area contributed by atoms with Gasteiger partial charge in [-0.2, -0.15) is 13.2 Å². The molecule has 0 saturated carbocycles. The topological polar surface area (TPSA) is 48.0 Å². The van der Waals surface area contributed by atoms with Crippen LogP contribution < -0.4 is 5.73 Å². The zero-order valence-corrected chi connectivity index (χ0v) is 6.72. The molecular weight excluding hydrogens is 185 g/mol. The largest absolute Gasteiger partial charge is 0.456 e. The average Bonchev–Trinajstić information content (AvgIpc) is 2.26. The molecule has 0 radical (unpaired) electrons. The van der Waals surface area contributed by atoms with Crippen LogP contribution in [-0.2, 0) is 7.05 Å². The summed E-state index contributed by atoms with van der Waals surface area (Å²) >= 11 is 0. The van der Waals surface area contributed by atoms with E-state index in [1.807, 2.05) is 0 Å². The van der Waals surface area contributed by atoms with Crippen LogP contribution in [0.3, 0.4) is 0 Å². The number of hydrogen-bond donors (Lipinski definition) is 1. The summed E-state index contributed by atoms with van der Waals surface area (Å²) in [5.74, 6) is -1.88. The van der Waals surface area contributed by atoms with Gasteiger partial charge in [0.1, 0.15) is 0 Å². The maximum absolute atomic E-state index is 11.9. The van der Waals surface area contributed by atoms with Gasteiger partial charge in [-0.1, -0.05) is 0 Å². The Kier molecular flexibility index (Phi) is 2.07. The number of nitrogens with two attached hydrogens (primary N) is 1. The standard InChI is InChI=1S/C7H7F3N2O/c1-12-3-4(11)2-5(12)6(13)7(8,9)10/h2-3H,11H2,1H3. The van der Waals surface area contributed by atoms with E-state index in [0.29, 0.717) is 0 Å². The third-order valence-corrected chi connectivity index (χ3v) is 1.52. The van der Waals surface area contributed by atoms with Gasteiger partial charge in [0.25, 0.3) is 5.78 Å². The Bertz CT molecular complexity index is 340. The molecule has 1 aromatic rings. The molecule has 0 spiro atoms. The summed E-state index contributed by atoms with van der Waals surface area (Å²) in [6.07, 6.45) is -3.60. The van der Waals surface area contributed by atoms with Crippen molar-refractivity contribution in [1.82, 2.24) is 4.57 Å². The van der Waals surface area contributed by atoms with Crippen molar-refractivity contribution in [2.45, 2.75) is 6.18 Å². The monoisotopic (exact) mass is 192 g/mol. The van der Waals surface area contributed by atoms with Crippen molar-refractivity contribution in [3.05, 3.63) is 18.0 Å². The van der Waals surface area contributed by atoms with Gasteiger partial charge in [-0.05, 0) is 6.07 Å². The van der Waals surface area contributed by atoms with Gasteiger partial charge in [0.15, 0.2) is 0 Å². The Morgan fingerprint density at radius 2 is 2.08 bits per heavy atom. The molecule has 6 heteroatoms. The first kappa shape index (κ1) is 9.63. The van der Waals surface area contributed by atoms with Crippen LogP contribution in [0.4, 0.5) is 18.9 Å². The Morgan fingerprint density at radius 1 is 1.54 bits per heavy atom. The molecule has 0 fully saturated rings. The molecule has 0 amide bonds. The quantitative estimate of drug-likeness (QED) is 0.683. The predicted molar refractivity (Wildman–Crippen MR) is 40.2 cm³/mol. The van der Waals surface area contributed by atoms with Gasteiger partial charge in [-0.15, -0.1) is 0 Å². The minimum atomic E-state index is -4.85. The lowest BCUT2D eigenvalue weighted by molar-refractivity contribution is -0.0890. The Morgan fingerprint density at radius 3 is 2.38 bits per heavy atom. The number of anilines is 1. The van der Waals surface area contributed by atoms with Gasteiger partial charge < -0.3 is 10.3 Å². The van der Waals surface area contributed by atoms with Crippen LogP contribution in [0.1, 0.15) is 10.5 Å². The Labute approximate surface area is 71.9 Å². The summed E-state index contributed by atoms with van der Waals surface area (Å²) in [6, 6.07) is 0.996. The van der Waals surface area contributed by atoms with Crippen molar-refractivity contribution in [1.29, 1.82) is 0 Å². The molecule has 0 aromatic carbocycles. The van der Waals surface area contributed by atoms with E-state index < -0.39 is 17.7 Å². The van der Waals surface area contributed by atoms with Gasteiger partial charge >= 0.3 is 6.18 Å². The second-order valence-corrected chi connectivity index (χ2v) is 2.60. The average molecular weight is 192 g/mol. The highest BCUT2D eigenvalue weighted by atomic mass is 19.4. The first-order valence-corrected chi connectivity index (χ1v) is 3.35. The number of rotatable bonds is 1. The number of Topliss-reactive ketones (excluding diaryl/α,β-unsaturated/α-hetero) is 1. The predicted octanol–water partition coefficient (Wildman–Crippen LogP) is 1.35. The van der Waals surface area contributed by atoms with Crippen LogP contribution >= 0.6 is 0 Å². The molecule has 1 heterocycles. The van der Waals surface area contributed by atoms with Crippen LogP contribution in [0.15, 0.2) is 12.3 Å². The zero-order valence-electron chi connectivity index (χ0n) is 6.72. The lowest BCUT2D eigenvalue weighted by Gasteiger charge is -2.04. The molecule has 2 N–H and O–H groups in total. The van der Waals surface area contributed by atoms with Gasteiger partial charge in [0, 0.05) is 13.2 Å². The molecule has 1 aromatic heterocycles. The van der Waals surface area contributed by atoms with E-state index in [2.05, 4.69) is 0 Å². The van der Waals surface area contributed by atoms with Crippen molar-refractivity contribution in [3.8, 4) is 0 Å². The molecule has 0 aliphatic heterocycles. The summed E-state index contributed by atoms with van der Waals surface area (Å²) in [5.41, 5.74) is 4.90. The summed E-state index contributed by atoms with van der Waals surface area (Å²) in [4.78, 5) is 10.7. The van der Waals surface area contributed by atoms with E-state index >= 15 is 0 Å². The van der Waals surface area contributed by atoms with Gasteiger partial charge in [0.05, 0.1) is 11.4 Å². The lowest BCUT2D eigenvalue weighted by Crippen LogP contribution is -2.24. The number of aromatic nitrogens is 1. The number of hydrogen-bond acceptors (Lipinski definition) is 2. The molecule has 0 unspecified atom stereocenters. The van der Waals surface area contributed by atoms with Crippen LogP contribution in [0.5, 0.6) is 0 Å². The third kappa shape index (κ3) is 1.82. The van der Waals surface area contributed by atoms with E-state index in [0.717, 1.165) is 10.6 Å². The first-order valence-electron chi connectivity index (χ1n) is 3.35. The van der Waals surface area contributed by atoms with E-state index in [1.54, 1.807) is 0 Å². The number of carbonyl (C=O) groups is 1. The summed E-state index contributed by atoms with van der Waals surface area (Å²) in [6.45, 7) is 0. The third-order valence-electron chi connectivity index (χ3n) is 1.52. The van der Waals surface area contributed by atoms with E-state index in [9.17, 15) is 18.0 Å². The van der Waals surface area contributed by atoms with E-state index in [1.165, 1.54) is 13.2 Å². The van der Waals surface area contributed by atoms with Crippen molar-refractivity contribution < 1.29 is 18.0 Å². The number of aryl methyl sites for hydroxylation is 1. The summed E-state index contributed by atoms with van der Waals surface area (Å²) in [7, 11) is 1.33. The molecule has 13 heavy (non-hydrogen) atoms. The minimum Gasteiger partial charge on any atom is -0.397 e. The van der Waals surface area contributed by atoms with E-state index in [-0.39, 0.29) is 5.69 Å². The van der Waals surface area contributed by atoms with Gasteiger partial charge in [-0.3, -0.25) is 4.79 Å². The van der Waals surface area contributed by atoms with Gasteiger partial charge in [0.2, 0.25) is 0 Å². The van der Waals surface area contributed by atoms with Crippen LogP contribution in [-0.4, -0.2) is 16.5 Å². The molecule has 0 saturated heterocycles. The second-order valence-electron chi connectivity index (χ2n) is 2.60. The van der Waals surface area contributed by atoms with Crippen LogP contribution in [0.25, 0.3) is 0 Å². The minimum absolute atomic E-state index is 0.134. The number of halogens is 3. The normalized spacial score (nSPS) is 11.7. The highest BCUT2D eigenvalue weighted by Gasteiger charge is 2.40. The van der Waals surface area contributed by atoms with Crippen LogP contribution in [0, 0.1) is 0 Å². The highest BCUT2D eigenvalue weighted by Crippen LogP contribution is 2.22. The number of nitrogen functional groups attached to an aromatic ring is 1. The molecule has 3 nitrogen and oxygen atoms in total. The Hall–Kier alpha value is -1.46. The summed E-state index contributed by atoms with van der Waals surface area (Å²) in [5, 5.41) is 0. The van der Waals surface area contributed by atoms with Gasteiger partial charge in [-0.25, -0.2) is 0 Å². The second kappa shape index (κ2) is 2.79. The maximum atomic E-state index is 11.9. The highest BCUT2D eigenvalue weighted by molar-refractivity contribution is 5.99. The molecule has 0 atom stereocenters. The summed E-state index contributed by atoms with van der Waals surface area (Å²) < 4.78 is 36.8. The fraction of sp³-hybridized carbons (Fsp3) is 0.286. The smallest absolute Gasteiger partial charge is 0.397 e. The van der Waals surface area contributed by atoms with Crippen molar-refractivity contribution in [2.24, 2.45) is 7.05 Å². The lowest BCUT2D eigenvalue weighted by atomic mass is 10.3. The Balaban J connectivity index is 3.09. The molecule has 0 bridgehead atoms. The fourth-order valence-electron chi connectivity index (χ4n) is 0.961. The van der Waals surface area contributed by atoms with Crippen LogP contribution in [0.2, 0.25) is 0 Å². The zero-order chi connectivity index (χ0) is 10.2. The molecular formula is C7H7F3N2O. The number of carbonyl (C=O) groups excluding carboxylic acids is 1. The van der Waals surface area contributed by atoms with Crippen molar-refractivity contribution in [2.75, 3.05) is 5.73 Å². The molecule has 72 valence electrons. The number of ketones is 1. The first-order chi connectivity index (χ1) is 5.82. The fourth-order valence-corrected chi connectivity index (χ4v) is 0.961. The SMILES string of the molecule is Cn1cc(N)cc1C(=O)C(F)(F)F.